The normalized spacial score (nSPS) is 17.6. The number of aliphatic imine (C=N–C) groups is 1. The number of anilines is 1. The molecule has 8 nitrogen and oxygen atoms in total. The molecule has 2 aliphatic rings. The van der Waals surface area contributed by atoms with Crippen LogP contribution in [-0.2, 0) is 9.59 Å². The van der Waals surface area contributed by atoms with Crippen LogP contribution in [0.3, 0.4) is 0 Å². The van der Waals surface area contributed by atoms with Crippen LogP contribution in [0.25, 0.3) is 0 Å². The molecule has 0 spiro atoms. The van der Waals surface area contributed by atoms with Crippen molar-refractivity contribution in [1.82, 2.24) is 10.2 Å². The number of hydrogen-bond acceptors (Lipinski definition) is 6. The molecule has 0 aromatic heterocycles. The molecule has 9 heteroatoms. The Balaban J connectivity index is 1.19. The second-order valence-corrected chi connectivity index (χ2v) is 8.95. The summed E-state index contributed by atoms with van der Waals surface area (Å²) in [6.07, 6.45) is 2.27. The molecule has 1 fully saturated rings. The lowest BCUT2D eigenvalue weighted by Crippen LogP contribution is -2.28. The zero-order valence-corrected chi connectivity index (χ0v) is 19.0. The van der Waals surface area contributed by atoms with E-state index in [9.17, 15) is 14.4 Å². The number of hydrogen-bond donors (Lipinski definition) is 2. The Bertz CT molecular complexity index is 1020. The number of thioether (sulfide) groups is 1. The number of carbonyl (C=O) groups excluding carboxylic acids is 3. The van der Waals surface area contributed by atoms with Crippen LogP contribution in [0, 0.1) is 0 Å². The number of nitrogens with one attached hydrogen (secondary N) is 2. The first kappa shape index (κ1) is 22.8. The minimum atomic E-state index is -0.483. The van der Waals surface area contributed by atoms with Gasteiger partial charge in [-0.25, -0.2) is 0 Å². The van der Waals surface area contributed by atoms with E-state index in [1.54, 1.807) is 24.3 Å². The Morgan fingerprint density at radius 2 is 1.79 bits per heavy atom. The standard InChI is InChI=1S/C24H26N4O4S/c29-21(16-20-23(31)27-24(33-20)28-13-4-5-14-28)26-18-10-8-17(9-11-18)22(30)25-12-15-32-19-6-2-1-3-7-19/h1-3,6-11,20H,4-5,12-16H2,(H,25,30)(H,26,29)/t20-/m1/s1. The van der Waals surface area contributed by atoms with Gasteiger partial charge in [0.05, 0.1) is 6.54 Å². The van der Waals surface area contributed by atoms with Gasteiger partial charge >= 0.3 is 0 Å². The van der Waals surface area contributed by atoms with Crippen molar-refractivity contribution in [3.63, 3.8) is 0 Å². The van der Waals surface area contributed by atoms with Crippen LogP contribution in [-0.4, -0.2) is 59.3 Å². The summed E-state index contributed by atoms with van der Waals surface area (Å²) >= 11 is 1.37. The maximum atomic E-state index is 12.4. The number of carbonyl (C=O) groups is 3. The first-order chi connectivity index (χ1) is 16.1. The molecule has 0 unspecified atom stereocenters. The number of likely N-dealkylation sites (tertiary alicyclic amines) is 1. The van der Waals surface area contributed by atoms with Gasteiger partial charge in [0.25, 0.3) is 11.8 Å². The molecule has 33 heavy (non-hydrogen) atoms. The molecular formula is C24H26N4O4S. The van der Waals surface area contributed by atoms with Gasteiger partial charge in [-0.1, -0.05) is 30.0 Å². The summed E-state index contributed by atoms with van der Waals surface area (Å²) in [7, 11) is 0. The van der Waals surface area contributed by atoms with Crippen molar-refractivity contribution in [3.8, 4) is 5.75 Å². The van der Waals surface area contributed by atoms with E-state index in [4.69, 9.17) is 4.74 Å². The second-order valence-electron chi connectivity index (χ2n) is 7.78. The number of rotatable bonds is 8. The molecule has 0 saturated carbocycles. The fourth-order valence-electron chi connectivity index (χ4n) is 3.59. The largest absolute Gasteiger partial charge is 0.492 e. The number of ether oxygens (including phenoxy) is 1. The van der Waals surface area contributed by atoms with Crippen molar-refractivity contribution in [1.29, 1.82) is 0 Å². The highest BCUT2D eigenvalue weighted by molar-refractivity contribution is 8.15. The third-order valence-corrected chi connectivity index (χ3v) is 6.52. The minimum absolute atomic E-state index is 0.0635. The number of para-hydroxylation sites is 1. The van der Waals surface area contributed by atoms with Crippen LogP contribution in [0.15, 0.2) is 59.6 Å². The van der Waals surface area contributed by atoms with Crippen molar-refractivity contribution in [2.45, 2.75) is 24.5 Å². The number of nitrogens with zero attached hydrogens (tertiary/aromatic N) is 2. The van der Waals surface area contributed by atoms with Crippen LogP contribution in [0.5, 0.6) is 5.75 Å². The van der Waals surface area contributed by atoms with Gasteiger partial charge in [0.15, 0.2) is 5.17 Å². The molecule has 4 rings (SSSR count). The van der Waals surface area contributed by atoms with E-state index in [0.717, 1.165) is 36.8 Å². The van der Waals surface area contributed by atoms with E-state index < -0.39 is 5.25 Å². The monoisotopic (exact) mass is 466 g/mol. The highest BCUT2D eigenvalue weighted by atomic mass is 32.2. The summed E-state index contributed by atoms with van der Waals surface area (Å²) in [6.45, 7) is 2.57. The van der Waals surface area contributed by atoms with Crippen LogP contribution in [0.2, 0.25) is 0 Å². The fraction of sp³-hybridized carbons (Fsp3) is 0.333. The molecule has 2 N–H and O–H groups in total. The summed E-state index contributed by atoms with van der Waals surface area (Å²) in [5, 5.41) is 5.84. The van der Waals surface area contributed by atoms with Crippen molar-refractivity contribution in [2.75, 3.05) is 31.6 Å². The lowest BCUT2D eigenvalue weighted by Gasteiger charge is -2.16. The molecular weight excluding hydrogens is 440 g/mol. The molecule has 1 atom stereocenters. The summed E-state index contributed by atoms with van der Waals surface area (Å²) in [5.74, 6) is 0.0294. The van der Waals surface area contributed by atoms with Crippen molar-refractivity contribution in [3.05, 3.63) is 60.2 Å². The Labute approximate surface area is 196 Å². The lowest BCUT2D eigenvalue weighted by atomic mass is 10.2. The maximum absolute atomic E-state index is 12.4. The second kappa shape index (κ2) is 11.0. The third-order valence-electron chi connectivity index (χ3n) is 5.31. The molecule has 2 heterocycles. The van der Waals surface area contributed by atoms with E-state index >= 15 is 0 Å². The van der Waals surface area contributed by atoms with E-state index in [0.29, 0.717) is 24.4 Å². The lowest BCUT2D eigenvalue weighted by molar-refractivity contribution is -0.121. The zero-order chi connectivity index (χ0) is 23.0. The van der Waals surface area contributed by atoms with Gasteiger partial charge in [-0.05, 0) is 49.2 Å². The van der Waals surface area contributed by atoms with Crippen LogP contribution in [0.1, 0.15) is 29.6 Å². The van der Waals surface area contributed by atoms with Gasteiger partial charge in [-0.15, -0.1) is 0 Å². The molecule has 0 radical (unpaired) electrons. The van der Waals surface area contributed by atoms with Crippen molar-refractivity contribution in [2.24, 2.45) is 4.99 Å². The van der Waals surface area contributed by atoms with Crippen LogP contribution >= 0.6 is 11.8 Å². The van der Waals surface area contributed by atoms with E-state index in [-0.39, 0.29) is 24.1 Å². The van der Waals surface area contributed by atoms with Gasteiger partial charge in [0.2, 0.25) is 5.91 Å². The Morgan fingerprint density at radius 3 is 2.52 bits per heavy atom. The zero-order valence-electron chi connectivity index (χ0n) is 18.2. The highest BCUT2D eigenvalue weighted by Gasteiger charge is 2.33. The van der Waals surface area contributed by atoms with E-state index in [2.05, 4.69) is 20.5 Å². The number of amides is 3. The number of benzene rings is 2. The van der Waals surface area contributed by atoms with Crippen LogP contribution in [0.4, 0.5) is 5.69 Å². The van der Waals surface area contributed by atoms with Crippen molar-refractivity contribution >= 4 is 40.3 Å². The quantitative estimate of drug-likeness (QED) is 0.581. The number of amidine groups is 1. The summed E-state index contributed by atoms with van der Waals surface area (Å²) < 4.78 is 5.55. The molecule has 3 amide bonds. The third kappa shape index (κ3) is 6.35. The van der Waals surface area contributed by atoms with Gasteiger partial charge in [-0.3, -0.25) is 14.4 Å². The van der Waals surface area contributed by atoms with Crippen molar-refractivity contribution < 1.29 is 19.1 Å². The van der Waals surface area contributed by atoms with Gasteiger partial charge in [-0.2, -0.15) is 4.99 Å². The average molecular weight is 467 g/mol. The first-order valence-corrected chi connectivity index (χ1v) is 11.9. The Kier molecular flexibility index (Phi) is 7.62. The molecule has 0 aliphatic carbocycles. The molecule has 2 aromatic carbocycles. The summed E-state index contributed by atoms with van der Waals surface area (Å²) in [4.78, 5) is 43.1. The van der Waals surface area contributed by atoms with Crippen LogP contribution < -0.4 is 15.4 Å². The minimum Gasteiger partial charge on any atom is -0.492 e. The molecule has 172 valence electrons. The first-order valence-electron chi connectivity index (χ1n) is 11.0. The highest BCUT2D eigenvalue weighted by Crippen LogP contribution is 2.29. The topological polar surface area (TPSA) is 100 Å². The molecule has 0 bridgehead atoms. The summed E-state index contributed by atoms with van der Waals surface area (Å²) in [5.41, 5.74) is 1.05. The predicted octanol–water partition coefficient (Wildman–Crippen LogP) is 2.92. The predicted molar refractivity (Wildman–Crippen MR) is 129 cm³/mol. The maximum Gasteiger partial charge on any atom is 0.262 e. The van der Waals surface area contributed by atoms with Gasteiger partial charge < -0.3 is 20.3 Å². The smallest absolute Gasteiger partial charge is 0.262 e. The molecule has 2 aromatic rings. The Hall–Kier alpha value is -3.33. The van der Waals surface area contributed by atoms with Gasteiger partial charge in [0, 0.05) is 30.8 Å². The fourth-order valence-corrected chi connectivity index (χ4v) is 4.71. The Morgan fingerprint density at radius 1 is 1.06 bits per heavy atom. The SMILES string of the molecule is O=C(C[C@H]1SC(N2CCCC2)=NC1=O)Nc1ccc(C(=O)NCCOc2ccccc2)cc1. The van der Waals surface area contributed by atoms with Gasteiger partial charge in [0.1, 0.15) is 17.6 Å². The summed E-state index contributed by atoms with van der Waals surface area (Å²) in [6, 6.07) is 16.0. The van der Waals surface area contributed by atoms with E-state index in [1.807, 2.05) is 30.3 Å². The van der Waals surface area contributed by atoms with E-state index in [1.165, 1.54) is 11.8 Å². The average Bonchev–Trinajstić information content (AvgIpc) is 3.48. The molecule has 1 saturated heterocycles. The molecule has 2 aliphatic heterocycles.